The van der Waals surface area contributed by atoms with E-state index in [4.69, 9.17) is 24.3 Å². The van der Waals surface area contributed by atoms with Crippen molar-refractivity contribution in [2.24, 2.45) is 5.73 Å². The lowest BCUT2D eigenvalue weighted by Gasteiger charge is -2.19. The third-order valence-corrected chi connectivity index (χ3v) is 10.6. The van der Waals surface area contributed by atoms with Crippen molar-refractivity contribution in [1.29, 1.82) is 0 Å². The van der Waals surface area contributed by atoms with Crippen LogP contribution >= 0.6 is 7.82 Å². The molecule has 2 atom stereocenters. The van der Waals surface area contributed by atoms with Gasteiger partial charge in [-0.3, -0.25) is 18.6 Å². The molecule has 0 spiro atoms. The van der Waals surface area contributed by atoms with Crippen LogP contribution in [-0.4, -0.2) is 49.3 Å². The minimum atomic E-state index is -4.38. The molecule has 318 valence electrons. The fourth-order valence-corrected chi connectivity index (χ4v) is 7.01. The lowest BCUT2D eigenvalue weighted by molar-refractivity contribution is -0.161. The van der Waals surface area contributed by atoms with Gasteiger partial charge in [-0.1, -0.05) is 186 Å². The van der Waals surface area contributed by atoms with Crippen molar-refractivity contribution in [3.8, 4) is 0 Å². The van der Waals surface area contributed by atoms with Crippen molar-refractivity contribution in [2.75, 3.05) is 26.4 Å². The molecule has 9 nitrogen and oxygen atoms in total. The molecule has 0 radical (unpaired) electrons. The van der Waals surface area contributed by atoms with Crippen LogP contribution in [0.1, 0.15) is 213 Å². The summed E-state index contributed by atoms with van der Waals surface area (Å²) in [5, 5.41) is 0. The smallest absolute Gasteiger partial charge is 0.462 e. The maximum atomic E-state index is 12.6. The van der Waals surface area contributed by atoms with E-state index in [0.717, 1.165) is 64.2 Å². The highest BCUT2D eigenvalue weighted by atomic mass is 31.2. The lowest BCUT2D eigenvalue weighted by Crippen LogP contribution is -2.29. The van der Waals surface area contributed by atoms with Crippen molar-refractivity contribution < 1.29 is 37.6 Å². The molecule has 54 heavy (non-hydrogen) atoms. The van der Waals surface area contributed by atoms with Gasteiger partial charge in [0.25, 0.3) is 0 Å². The van der Waals surface area contributed by atoms with Crippen LogP contribution in [0.3, 0.4) is 0 Å². The summed E-state index contributed by atoms with van der Waals surface area (Å²) < 4.78 is 32.8. The van der Waals surface area contributed by atoms with E-state index in [-0.39, 0.29) is 38.6 Å². The molecule has 0 heterocycles. The molecule has 0 saturated heterocycles. The molecule has 0 aliphatic carbocycles. The summed E-state index contributed by atoms with van der Waals surface area (Å²) in [6.45, 7) is 3.70. The molecule has 0 bridgehead atoms. The van der Waals surface area contributed by atoms with Crippen molar-refractivity contribution >= 4 is 19.8 Å². The number of esters is 2. The molecule has 0 saturated carbocycles. The van der Waals surface area contributed by atoms with Crippen LogP contribution in [0.25, 0.3) is 0 Å². The Balaban J connectivity index is 4.09. The molecule has 10 heteroatoms. The number of ether oxygens (including phenoxy) is 2. The minimum absolute atomic E-state index is 0.0525. The van der Waals surface area contributed by atoms with Gasteiger partial charge in [0, 0.05) is 19.4 Å². The van der Waals surface area contributed by atoms with Crippen molar-refractivity contribution in [3.63, 3.8) is 0 Å². The molecule has 0 rings (SSSR count). The molecule has 0 aromatic heterocycles. The molecule has 3 N–H and O–H groups in total. The van der Waals surface area contributed by atoms with E-state index in [1.165, 1.54) is 116 Å². The van der Waals surface area contributed by atoms with Gasteiger partial charge in [-0.05, 0) is 38.5 Å². The van der Waals surface area contributed by atoms with Gasteiger partial charge in [-0.2, -0.15) is 0 Å². The van der Waals surface area contributed by atoms with Crippen molar-refractivity contribution in [1.82, 2.24) is 0 Å². The molecule has 0 aliphatic rings. The van der Waals surface area contributed by atoms with E-state index in [9.17, 15) is 19.0 Å². The Bertz CT molecular complexity index is 944. The first-order chi connectivity index (χ1) is 26.3. The zero-order chi connectivity index (χ0) is 39.6. The van der Waals surface area contributed by atoms with Crippen LogP contribution < -0.4 is 5.73 Å². The number of phosphoric acid groups is 1. The zero-order valence-corrected chi connectivity index (χ0v) is 35.9. The van der Waals surface area contributed by atoms with E-state index in [1.807, 2.05) is 0 Å². The Morgan fingerprint density at radius 3 is 1.46 bits per heavy atom. The van der Waals surface area contributed by atoms with Gasteiger partial charge in [0.1, 0.15) is 6.61 Å². The number of phosphoric ester groups is 1. The van der Waals surface area contributed by atoms with Crippen LogP contribution in [-0.2, 0) is 32.7 Å². The van der Waals surface area contributed by atoms with Crippen LogP contribution in [0.2, 0.25) is 0 Å². The SMILES string of the molecule is CCCC/C=C\C/C=C\CCCCCCCC(=O)OC(COC(=O)CCCCCCCCCCCCCCCCCCCCC)COP(=O)(O)OCCN. The van der Waals surface area contributed by atoms with Crippen molar-refractivity contribution in [3.05, 3.63) is 24.3 Å². The highest BCUT2D eigenvalue weighted by Crippen LogP contribution is 2.43. The van der Waals surface area contributed by atoms with E-state index >= 15 is 0 Å². The summed E-state index contributed by atoms with van der Waals surface area (Å²) in [7, 11) is -4.38. The maximum absolute atomic E-state index is 12.6. The summed E-state index contributed by atoms with van der Waals surface area (Å²) in [6.07, 6.45) is 43.5. The number of allylic oxidation sites excluding steroid dienone is 4. The van der Waals surface area contributed by atoms with Gasteiger partial charge in [-0.15, -0.1) is 0 Å². The summed E-state index contributed by atoms with van der Waals surface area (Å²) in [4.78, 5) is 34.9. The van der Waals surface area contributed by atoms with Gasteiger partial charge in [0.15, 0.2) is 6.10 Å². The number of carbonyl (C=O) groups excluding carboxylic acids is 2. The average Bonchev–Trinajstić information content (AvgIpc) is 3.16. The molecule has 0 fully saturated rings. The summed E-state index contributed by atoms with van der Waals surface area (Å²) in [5.41, 5.74) is 5.35. The largest absolute Gasteiger partial charge is 0.472 e. The summed E-state index contributed by atoms with van der Waals surface area (Å²) >= 11 is 0. The first kappa shape index (κ1) is 52.5. The second-order valence-electron chi connectivity index (χ2n) is 14.9. The van der Waals surface area contributed by atoms with Gasteiger partial charge < -0.3 is 20.1 Å². The Morgan fingerprint density at radius 1 is 0.556 bits per heavy atom. The Labute approximate surface area is 332 Å². The molecular formula is C44H84NO8P. The number of hydrogen-bond donors (Lipinski definition) is 2. The highest BCUT2D eigenvalue weighted by molar-refractivity contribution is 7.47. The highest BCUT2D eigenvalue weighted by Gasteiger charge is 2.26. The average molecular weight is 786 g/mol. The fraction of sp³-hybridized carbons (Fsp3) is 0.864. The minimum Gasteiger partial charge on any atom is -0.462 e. The van der Waals surface area contributed by atoms with Gasteiger partial charge in [0.05, 0.1) is 13.2 Å². The number of carbonyl (C=O) groups is 2. The van der Waals surface area contributed by atoms with Crippen LogP contribution in [0.4, 0.5) is 0 Å². The first-order valence-electron chi connectivity index (χ1n) is 22.3. The Morgan fingerprint density at radius 2 is 0.981 bits per heavy atom. The number of hydrogen-bond acceptors (Lipinski definition) is 8. The second-order valence-corrected chi connectivity index (χ2v) is 16.4. The number of rotatable bonds is 42. The predicted molar refractivity (Wildman–Crippen MR) is 224 cm³/mol. The zero-order valence-electron chi connectivity index (χ0n) is 35.0. The summed E-state index contributed by atoms with van der Waals surface area (Å²) in [5.74, 6) is -0.836. The Hall–Kier alpha value is -1.51. The third kappa shape index (κ3) is 40.2. The standard InChI is InChI=1S/C44H84NO8P/c1-3-5-7-9-11-13-15-17-19-20-21-22-23-25-26-28-30-32-34-36-43(46)50-40-42(41-52-54(48,49)51-39-38-45)53-44(47)37-35-33-31-29-27-24-18-16-14-12-10-8-6-4-2/h10,12,16,18,42H,3-9,11,13-15,17,19-41,45H2,1-2H3,(H,48,49)/b12-10-,18-16-. The monoisotopic (exact) mass is 786 g/mol. The summed E-state index contributed by atoms with van der Waals surface area (Å²) in [6, 6.07) is 0. The van der Waals surface area contributed by atoms with Gasteiger partial charge in [0.2, 0.25) is 0 Å². The predicted octanol–water partition coefficient (Wildman–Crippen LogP) is 12.8. The van der Waals surface area contributed by atoms with Crippen molar-refractivity contribution in [2.45, 2.75) is 219 Å². The number of unbranched alkanes of at least 4 members (excludes halogenated alkanes) is 25. The molecule has 0 aromatic rings. The quantitative estimate of drug-likeness (QED) is 0.0268. The first-order valence-corrected chi connectivity index (χ1v) is 23.8. The topological polar surface area (TPSA) is 134 Å². The van der Waals surface area contributed by atoms with E-state index in [2.05, 4.69) is 38.2 Å². The lowest BCUT2D eigenvalue weighted by atomic mass is 10.0. The van der Waals surface area contributed by atoms with Crippen LogP contribution in [0, 0.1) is 0 Å². The third-order valence-electron chi connectivity index (χ3n) is 9.59. The molecule has 0 aliphatic heterocycles. The normalized spacial score (nSPS) is 13.5. The second kappa shape index (κ2) is 41.1. The molecular weight excluding hydrogens is 701 g/mol. The Kier molecular flexibility index (Phi) is 40.0. The molecule has 0 amide bonds. The van der Waals surface area contributed by atoms with Crippen LogP contribution in [0.5, 0.6) is 0 Å². The molecule has 2 unspecified atom stereocenters. The maximum Gasteiger partial charge on any atom is 0.472 e. The van der Waals surface area contributed by atoms with Gasteiger partial charge in [-0.25, -0.2) is 4.57 Å². The number of nitrogens with two attached hydrogens (primary N) is 1. The van der Waals surface area contributed by atoms with Gasteiger partial charge >= 0.3 is 19.8 Å². The van der Waals surface area contributed by atoms with Crippen LogP contribution in [0.15, 0.2) is 24.3 Å². The van der Waals surface area contributed by atoms with E-state index < -0.39 is 26.5 Å². The van der Waals surface area contributed by atoms with E-state index in [1.54, 1.807) is 0 Å². The van der Waals surface area contributed by atoms with E-state index in [0.29, 0.717) is 6.42 Å². The fourth-order valence-electron chi connectivity index (χ4n) is 6.24. The molecule has 0 aromatic carbocycles.